The smallest absolute Gasteiger partial charge is 0.192 e. The molecule has 0 fully saturated rings. The van der Waals surface area contributed by atoms with Gasteiger partial charge in [0.25, 0.3) is 0 Å². The number of fused-ring (bicyclic) bond motifs is 1. The van der Waals surface area contributed by atoms with Crippen LogP contribution in [0.25, 0.3) is 0 Å². The van der Waals surface area contributed by atoms with E-state index in [1.165, 1.54) is 16.8 Å². The van der Waals surface area contributed by atoms with Crippen molar-refractivity contribution in [2.45, 2.75) is 52.1 Å². The predicted molar refractivity (Wildman–Crippen MR) is 126 cm³/mol. The molecule has 0 radical (unpaired) electrons. The van der Waals surface area contributed by atoms with Crippen LogP contribution in [0.1, 0.15) is 54.6 Å². The fourth-order valence-corrected chi connectivity index (χ4v) is 4.30. The molecule has 1 unspecified atom stereocenters. The zero-order valence-corrected chi connectivity index (χ0v) is 19.2. The second-order valence-electron chi connectivity index (χ2n) is 8.00. The summed E-state index contributed by atoms with van der Waals surface area (Å²) in [5, 5.41) is 11.8. The average Bonchev–Trinajstić information content (AvgIpc) is 3.44. The van der Waals surface area contributed by atoms with Crippen molar-refractivity contribution in [2.75, 3.05) is 13.2 Å². The summed E-state index contributed by atoms with van der Waals surface area (Å²) >= 11 is 0. The van der Waals surface area contributed by atoms with Gasteiger partial charge in [0.2, 0.25) is 0 Å². The fourth-order valence-electron chi connectivity index (χ4n) is 4.30. The summed E-state index contributed by atoms with van der Waals surface area (Å²) in [5.41, 5.74) is 4.78. The first-order chi connectivity index (χ1) is 15.7. The molecule has 2 aromatic heterocycles. The third-order valence-electron chi connectivity index (χ3n) is 5.94. The number of aromatic nitrogens is 2. The maximum absolute atomic E-state index is 5.83. The van der Waals surface area contributed by atoms with Crippen LogP contribution in [-0.2, 0) is 32.9 Å². The molecular weight excluding hydrogens is 402 g/mol. The van der Waals surface area contributed by atoms with Crippen LogP contribution in [0.2, 0.25) is 0 Å². The Kier molecular flexibility index (Phi) is 7.14. The first-order valence-corrected chi connectivity index (χ1v) is 11.5. The van der Waals surface area contributed by atoms with E-state index in [2.05, 4.69) is 36.6 Å². The third-order valence-corrected chi connectivity index (χ3v) is 5.94. The summed E-state index contributed by atoms with van der Waals surface area (Å²) < 4.78 is 13.3. The lowest BCUT2D eigenvalue weighted by molar-refractivity contribution is 0.261. The fraction of sp³-hybridized carbons (Fsp3) is 0.440. The molecule has 3 heterocycles. The van der Waals surface area contributed by atoms with Gasteiger partial charge in [-0.25, -0.2) is 4.99 Å². The minimum absolute atomic E-state index is 0.153. The van der Waals surface area contributed by atoms with Gasteiger partial charge in [-0.2, -0.15) is 5.10 Å². The monoisotopic (exact) mass is 435 g/mol. The highest BCUT2D eigenvalue weighted by atomic mass is 16.5. The summed E-state index contributed by atoms with van der Waals surface area (Å²) in [4.78, 5) is 4.98. The normalized spacial score (nSPS) is 15.8. The zero-order chi connectivity index (χ0) is 22.3. The average molecular weight is 436 g/mol. The van der Waals surface area contributed by atoms with E-state index in [0.29, 0.717) is 13.2 Å². The van der Waals surface area contributed by atoms with E-state index in [4.69, 9.17) is 19.2 Å². The summed E-state index contributed by atoms with van der Waals surface area (Å²) in [7, 11) is 2.02. The maximum Gasteiger partial charge on any atom is 0.192 e. The Morgan fingerprint density at radius 1 is 1.19 bits per heavy atom. The number of guanidine groups is 1. The van der Waals surface area contributed by atoms with Crippen LogP contribution in [0.3, 0.4) is 0 Å². The maximum atomic E-state index is 5.83. The van der Waals surface area contributed by atoms with E-state index in [-0.39, 0.29) is 6.04 Å². The van der Waals surface area contributed by atoms with Crippen molar-refractivity contribution < 1.29 is 9.15 Å². The number of hydrogen-bond donors (Lipinski definition) is 2. The summed E-state index contributed by atoms with van der Waals surface area (Å²) in [6.45, 7) is 6.34. The molecule has 0 spiro atoms. The third kappa shape index (κ3) is 4.98. The van der Waals surface area contributed by atoms with Crippen LogP contribution >= 0.6 is 0 Å². The Morgan fingerprint density at radius 3 is 2.84 bits per heavy atom. The van der Waals surface area contributed by atoms with Crippen LogP contribution in [0.15, 0.2) is 52.1 Å². The lowest BCUT2D eigenvalue weighted by Crippen LogP contribution is -2.42. The van der Waals surface area contributed by atoms with Crippen LogP contribution in [0.5, 0.6) is 5.75 Å². The highest BCUT2D eigenvalue weighted by molar-refractivity contribution is 5.80. The van der Waals surface area contributed by atoms with Gasteiger partial charge in [0.15, 0.2) is 5.96 Å². The van der Waals surface area contributed by atoms with Gasteiger partial charge in [-0.15, -0.1) is 0 Å². The molecule has 0 bridgehead atoms. The lowest BCUT2D eigenvalue weighted by Gasteiger charge is -2.28. The van der Waals surface area contributed by atoms with Gasteiger partial charge in [-0.3, -0.25) is 4.68 Å². The van der Waals surface area contributed by atoms with E-state index in [1.54, 1.807) is 6.26 Å². The molecule has 4 rings (SSSR count). The second-order valence-corrected chi connectivity index (χ2v) is 8.00. The molecule has 0 aliphatic carbocycles. The van der Waals surface area contributed by atoms with E-state index in [0.717, 1.165) is 55.4 Å². The van der Waals surface area contributed by atoms with Gasteiger partial charge >= 0.3 is 0 Å². The van der Waals surface area contributed by atoms with E-state index < -0.39 is 0 Å². The molecular formula is C25H33N5O2. The van der Waals surface area contributed by atoms with Gasteiger partial charge < -0.3 is 19.8 Å². The number of hydrogen-bond acceptors (Lipinski definition) is 4. The van der Waals surface area contributed by atoms with Crippen LogP contribution in [0.4, 0.5) is 0 Å². The number of aryl methyl sites for hydroxylation is 2. The Balaban J connectivity index is 1.54. The number of nitrogens with one attached hydrogen (secondary N) is 2. The minimum atomic E-state index is 0.153. The van der Waals surface area contributed by atoms with Crippen molar-refractivity contribution in [1.29, 1.82) is 0 Å². The van der Waals surface area contributed by atoms with Crippen molar-refractivity contribution in [2.24, 2.45) is 12.0 Å². The molecule has 2 N–H and O–H groups in total. The molecule has 1 aromatic carbocycles. The number of aliphatic imine (C=N–C) groups is 1. The minimum Gasteiger partial charge on any atom is -0.493 e. The number of nitrogens with zero attached hydrogens (tertiary/aromatic N) is 3. The number of furan rings is 1. The van der Waals surface area contributed by atoms with Crippen LogP contribution in [0, 0.1) is 0 Å². The lowest BCUT2D eigenvalue weighted by atomic mass is 10.0. The number of rotatable bonds is 8. The molecule has 32 heavy (non-hydrogen) atoms. The topological polar surface area (TPSA) is 76.6 Å². The molecule has 7 nitrogen and oxygen atoms in total. The Hall–Kier alpha value is -3.22. The highest BCUT2D eigenvalue weighted by Crippen LogP contribution is 2.31. The SMILES string of the molecule is CCc1nn(C)c(CC)c1CN=C(NCCc1ccco1)NC1CCOc2ccccc21. The van der Waals surface area contributed by atoms with E-state index in [1.807, 2.05) is 36.0 Å². The highest BCUT2D eigenvalue weighted by Gasteiger charge is 2.22. The molecule has 1 atom stereocenters. The van der Waals surface area contributed by atoms with Crippen molar-refractivity contribution in [1.82, 2.24) is 20.4 Å². The molecule has 1 aliphatic heterocycles. The van der Waals surface area contributed by atoms with Crippen LogP contribution in [-0.4, -0.2) is 28.9 Å². The van der Waals surface area contributed by atoms with Crippen molar-refractivity contribution in [3.05, 3.63) is 70.9 Å². The summed E-state index contributed by atoms with van der Waals surface area (Å²) in [6, 6.07) is 12.3. The Morgan fingerprint density at radius 2 is 2.06 bits per heavy atom. The second kappa shape index (κ2) is 10.4. The predicted octanol–water partition coefficient (Wildman–Crippen LogP) is 3.94. The Labute approximate surface area is 189 Å². The largest absolute Gasteiger partial charge is 0.493 e. The first-order valence-electron chi connectivity index (χ1n) is 11.5. The van der Waals surface area contributed by atoms with E-state index >= 15 is 0 Å². The van der Waals surface area contributed by atoms with Crippen molar-refractivity contribution >= 4 is 5.96 Å². The van der Waals surface area contributed by atoms with Gasteiger partial charge in [0.05, 0.1) is 31.2 Å². The molecule has 7 heteroatoms. The molecule has 170 valence electrons. The van der Waals surface area contributed by atoms with Gasteiger partial charge in [-0.1, -0.05) is 32.0 Å². The Bertz CT molecular complexity index is 1040. The van der Waals surface area contributed by atoms with E-state index in [9.17, 15) is 0 Å². The molecule has 0 saturated heterocycles. The van der Waals surface area contributed by atoms with Crippen LogP contribution < -0.4 is 15.4 Å². The molecule has 0 amide bonds. The number of benzene rings is 1. The van der Waals surface area contributed by atoms with Gasteiger partial charge in [0, 0.05) is 43.3 Å². The quantitative estimate of drug-likeness (QED) is 0.414. The van der Waals surface area contributed by atoms with Crippen molar-refractivity contribution in [3.63, 3.8) is 0 Å². The van der Waals surface area contributed by atoms with Gasteiger partial charge in [-0.05, 0) is 31.0 Å². The number of para-hydroxylation sites is 1. The molecule has 1 aliphatic rings. The summed E-state index contributed by atoms with van der Waals surface area (Å²) in [5.74, 6) is 2.70. The first kappa shape index (κ1) is 22.0. The number of ether oxygens (including phenoxy) is 1. The molecule has 0 saturated carbocycles. The van der Waals surface area contributed by atoms with Gasteiger partial charge in [0.1, 0.15) is 11.5 Å². The summed E-state index contributed by atoms with van der Waals surface area (Å²) in [6.07, 6.45) is 5.24. The van der Waals surface area contributed by atoms with Crippen molar-refractivity contribution in [3.8, 4) is 5.75 Å². The zero-order valence-electron chi connectivity index (χ0n) is 19.2. The standard InChI is InChI=1S/C25H33N5O2/c1-4-21-20(23(5-2)30(3)29-21)17-27-25(26-14-12-18-9-8-15-31-18)28-22-13-16-32-24-11-7-6-10-19(22)24/h6-11,15,22H,4-5,12-14,16-17H2,1-3H3,(H2,26,27,28). The molecule has 3 aromatic rings.